The van der Waals surface area contributed by atoms with E-state index in [0.717, 1.165) is 18.4 Å². The molecule has 1 N–H and O–H groups in total. The van der Waals surface area contributed by atoms with Crippen molar-refractivity contribution in [2.45, 2.75) is 45.7 Å². The van der Waals surface area contributed by atoms with Crippen LogP contribution in [0.2, 0.25) is 0 Å². The Bertz CT molecular complexity index is 543. The number of amides is 2. The minimum Gasteiger partial charge on any atom is -0.351 e. The van der Waals surface area contributed by atoms with Crippen LogP contribution in [-0.4, -0.2) is 29.3 Å². The van der Waals surface area contributed by atoms with E-state index in [1.807, 2.05) is 13.8 Å². The number of benzene rings is 1. The molecule has 4 nitrogen and oxygen atoms in total. The largest absolute Gasteiger partial charge is 0.351 e. The number of rotatable bonds is 6. The molecule has 120 valence electrons. The number of hydrogen-bond donors (Lipinski definition) is 1. The molecule has 5 heteroatoms. The Morgan fingerprint density at radius 2 is 2.14 bits per heavy atom. The highest BCUT2D eigenvalue weighted by atomic mass is 19.1. The van der Waals surface area contributed by atoms with Crippen LogP contribution < -0.4 is 5.32 Å². The second-order valence-electron chi connectivity index (χ2n) is 5.83. The zero-order valence-electron chi connectivity index (χ0n) is 13.1. The van der Waals surface area contributed by atoms with Crippen molar-refractivity contribution in [2.75, 3.05) is 6.54 Å². The number of likely N-dealkylation sites (tertiary alicyclic amines) is 1. The first-order chi connectivity index (χ1) is 10.5. The molecule has 1 aliphatic rings. The van der Waals surface area contributed by atoms with Gasteiger partial charge in [-0.1, -0.05) is 26.0 Å². The molecular weight excluding hydrogens is 283 g/mol. The first kappa shape index (κ1) is 16.5. The van der Waals surface area contributed by atoms with Crippen molar-refractivity contribution < 1.29 is 14.0 Å². The van der Waals surface area contributed by atoms with Crippen LogP contribution in [0.5, 0.6) is 0 Å². The van der Waals surface area contributed by atoms with Crippen molar-refractivity contribution in [1.82, 2.24) is 10.2 Å². The molecule has 1 aromatic rings. The fourth-order valence-corrected chi connectivity index (χ4v) is 2.86. The Hall–Kier alpha value is -1.91. The SMILES string of the molecule is CCC(CC)C(=O)N[C@@H]1CC(=O)N(Cc2cccc(F)c2)C1. The fourth-order valence-electron chi connectivity index (χ4n) is 2.86. The van der Waals surface area contributed by atoms with Gasteiger partial charge in [0.1, 0.15) is 5.82 Å². The van der Waals surface area contributed by atoms with Crippen molar-refractivity contribution in [1.29, 1.82) is 0 Å². The van der Waals surface area contributed by atoms with Gasteiger partial charge >= 0.3 is 0 Å². The van der Waals surface area contributed by atoms with Gasteiger partial charge in [0.15, 0.2) is 0 Å². The van der Waals surface area contributed by atoms with Crippen molar-refractivity contribution in [3.63, 3.8) is 0 Å². The van der Waals surface area contributed by atoms with Gasteiger partial charge in [0.2, 0.25) is 11.8 Å². The molecule has 2 amide bonds. The highest BCUT2D eigenvalue weighted by molar-refractivity contribution is 5.83. The van der Waals surface area contributed by atoms with E-state index in [0.29, 0.717) is 19.5 Å². The first-order valence-corrected chi connectivity index (χ1v) is 7.86. The zero-order valence-corrected chi connectivity index (χ0v) is 13.1. The summed E-state index contributed by atoms with van der Waals surface area (Å²) < 4.78 is 13.2. The van der Waals surface area contributed by atoms with E-state index < -0.39 is 0 Å². The monoisotopic (exact) mass is 306 g/mol. The molecule has 0 radical (unpaired) electrons. The molecule has 0 saturated carbocycles. The molecule has 0 aliphatic carbocycles. The molecule has 1 saturated heterocycles. The third-order valence-corrected chi connectivity index (χ3v) is 4.18. The molecule has 0 spiro atoms. The van der Waals surface area contributed by atoms with Gasteiger partial charge in [0.25, 0.3) is 0 Å². The van der Waals surface area contributed by atoms with Crippen LogP contribution >= 0.6 is 0 Å². The van der Waals surface area contributed by atoms with E-state index in [1.54, 1.807) is 17.0 Å². The van der Waals surface area contributed by atoms with E-state index in [2.05, 4.69) is 5.32 Å². The smallest absolute Gasteiger partial charge is 0.225 e. The van der Waals surface area contributed by atoms with Crippen LogP contribution in [0.25, 0.3) is 0 Å². The van der Waals surface area contributed by atoms with Gasteiger partial charge in [-0.3, -0.25) is 9.59 Å². The van der Waals surface area contributed by atoms with E-state index in [-0.39, 0.29) is 29.6 Å². The fraction of sp³-hybridized carbons (Fsp3) is 0.529. The topological polar surface area (TPSA) is 49.4 Å². The summed E-state index contributed by atoms with van der Waals surface area (Å²) in [4.78, 5) is 25.8. The van der Waals surface area contributed by atoms with Crippen LogP contribution in [0.4, 0.5) is 4.39 Å². The van der Waals surface area contributed by atoms with Gasteiger partial charge in [-0.15, -0.1) is 0 Å². The number of hydrogen-bond acceptors (Lipinski definition) is 2. The summed E-state index contributed by atoms with van der Waals surface area (Å²) >= 11 is 0. The highest BCUT2D eigenvalue weighted by Gasteiger charge is 2.31. The highest BCUT2D eigenvalue weighted by Crippen LogP contribution is 2.17. The lowest BCUT2D eigenvalue weighted by atomic mass is 10.0. The molecule has 1 fully saturated rings. The van der Waals surface area contributed by atoms with Crippen molar-refractivity contribution in [3.8, 4) is 0 Å². The number of halogens is 1. The lowest BCUT2D eigenvalue weighted by molar-refractivity contribution is -0.128. The predicted octanol–water partition coefficient (Wildman–Crippen LogP) is 2.48. The van der Waals surface area contributed by atoms with Crippen molar-refractivity contribution >= 4 is 11.8 Å². The van der Waals surface area contributed by atoms with E-state index in [9.17, 15) is 14.0 Å². The molecule has 0 unspecified atom stereocenters. The quantitative estimate of drug-likeness (QED) is 0.878. The average molecular weight is 306 g/mol. The molecular formula is C17H23FN2O2. The van der Waals surface area contributed by atoms with Gasteiger partial charge in [0.05, 0.1) is 6.04 Å². The van der Waals surface area contributed by atoms with Crippen LogP contribution in [-0.2, 0) is 16.1 Å². The third kappa shape index (κ3) is 4.06. The summed E-state index contributed by atoms with van der Waals surface area (Å²) in [5.74, 6) is -0.274. The van der Waals surface area contributed by atoms with E-state index >= 15 is 0 Å². The summed E-state index contributed by atoms with van der Waals surface area (Å²) in [6, 6.07) is 6.11. The minimum absolute atomic E-state index is 0.000826. The Balaban J connectivity index is 1.92. The molecule has 1 aliphatic heterocycles. The molecule has 1 atom stereocenters. The minimum atomic E-state index is -0.303. The van der Waals surface area contributed by atoms with Crippen molar-refractivity contribution in [2.24, 2.45) is 5.92 Å². The maximum atomic E-state index is 13.2. The lowest BCUT2D eigenvalue weighted by Crippen LogP contribution is -2.40. The molecule has 0 aromatic heterocycles. The lowest BCUT2D eigenvalue weighted by Gasteiger charge is -2.19. The second-order valence-corrected chi connectivity index (χ2v) is 5.83. The number of nitrogens with zero attached hydrogens (tertiary/aromatic N) is 1. The average Bonchev–Trinajstić information content (AvgIpc) is 2.80. The Morgan fingerprint density at radius 3 is 2.77 bits per heavy atom. The Labute approximate surface area is 130 Å². The van der Waals surface area contributed by atoms with Gasteiger partial charge in [-0.2, -0.15) is 0 Å². The van der Waals surface area contributed by atoms with Gasteiger partial charge in [0, 0.05) is 25.4 Å². The summed E-state index contributed by atoms with van der Waals surface area (Å²) in [5.41, 5.74) is 0.764. The molecule has 0 bridgehead atoms. The van der Waals surface area contributed by atoms with Gasteiger partial charge in [-0.25, -0.2) is 4.39 Å². The normalized spacial score (nSPS) is 18.1. The molecule has 2 rings (SSSR count). The number of carbonyl (C=O) groups is 2. The van der Waals surface area contributed by atoms with Crippen LogP contribution in [0, 0.1) is 11.7 Å². The zero-order chi connectivity index (χ0) is 16.1. The molecule has 1 heterocycles. The molecule has 1 aromatic carbocycles. The summed E-state index contributed by atoms with van der Waals surface area (Å²) in [6.07, 6.45) is 1.92. The van der Waals surface area contributed by atoms with Crippen LogP contribution in [0.1, 0.15) is 38.7 Å². The number of carbonyl (C=O) groups excluding carboxylic acids is 2. The maximum absolute atomic E-state index is 13.2. The Morgan fingerprint density at radius 1 is 1.41 bits per heavy atom. The summed E-state index contributed by atoms with van der Waals surface area (Å²) in [5, 5.41) is 2.96. The van der Waals surface area contributed by atoms with Crippen LogP contribution in [0.3, 0.4) is 0 Å². The van der Waals surface area contributed by atoms with Crippen molar-refractivity contribution in [3.05, 3.63) is 35.6 Å². The third-order valence-electron chi connectivity index (χ3n) is 4.18. The Kier molecular flexibility index (Phi) is 5.52. The molecule has 22 heavy (non-hydrogen) atoms. The summed E-state index contributed by atoms with van der Waals surface area (Å²) in [7, 11) is 0. The standard InChI is InChI=1S/C17H23FN2O2/c1-3-13(4-2)17(22)19-15-9-16(21)20(11-15)10-12-6-5-7-14(18)8-12/h5-8,13,15H,3-4,9-11H2,1-2H3,(H,19,22)/t15-/m1/s1. The summed E-state index contributed by atoms with van der Waals surface area (Å²) in [6.45, 7) is 4.85. The van der Waals surface area contributed by atoms with Gasteiger partial charge in [-0.05, 0) is 30.5 Å². The number of nitrogens with one attached hydrogen (secondary N) is 1. The second kappa shape index (κ2) is 7.38. The first-order valence-electron chi connectivity index (χ1n) is 7.86. The predicted molar refractivity (Wildman–Crippen MR) is 82.4 cm³/mol. The van der Waals surface area contributed by atoms with E-state index in [4.69, 9.17) is 0 Å². The van der Waals surface area contributed by atoms with Crippen LogP contribution in [0.15, 0.2) is 24.3 Å². The van der Waals surface area contributed by atoms with E-state index in [1.165, 1.54) is 12.1 Å². The maximum Gasteiger partial charge on any atom is 0.225 e. The van der Waals surface area contributed by atoms with Gasteiger partial charge < -0.3 is 10.2 Å².